The van der Waals surface area contributed by atoms with Crippen molar-refractivity contribution >= 4 is 15.9 Å². The molecule has 28 heavy (non-hydrogen) atoms. The number of carbonyl (C=O) groups excluding carboxylic acids is 1. The lowest BCUT2D eigenvalue weighted by Crippen LogP contribution is -2.30. The Balaban J connectivity index is 1.87. The number of hydrogen-bond acceptors (Lipinski definition) is 5. The molecule has 7 nitrogen and oxygen atoms in total. The third-order valence-corrected chi connectivity index (χ3v) is 5.48. The van der Waals surface area contributed by atoms with Crippen molar-refractivity contribution in [2.24, 2.45) is 0 Å². The Morgan fingerprint density at radius 3 is 2.43 bits per heavy atom. The minimum Gasteiger partial charge on any atom is -0.493 e. The molecule has 0 radical (unpaired) electrons. The van der Waals surface area contributed by atoms with E-state index in [0.29, 0.717) is 11.3 Å². The summed E-state index contributed by atoms with van der Waals surface area (Å²) in [6.45, 7) is 1.82. The number of hydrogen-bond donors (Lipinski definition) is 2. The molecule has 152 valence electrons. The van der Waals surface area contributed by atoms with Gasteiger partial charge in [-0.2, -0.15) is 0 Å². The van der Waals surface area contributed by atoms with Crippen molar-refractivity contribution in [2.75, 3.05) is 20.8 Å². The lowest BCUT2D eigenvalue weighted by Gasteiger charge is -2.11. The summed E-state index contributed by atoms with van der Waals surface area (Å²) in [4.78, 5) is 11.9. The van der Waals surface area contributed by atoms with Crippen molar-refractivity contribution in [1.29, 1.82) is 0 Å². The van der Waals surface area contributed by atoms with E-state index in [1.165, 1.54) is 38.5 Å². The molecule has 0 aromatic heterocycles. The van der Waals surface area contributed by atoms with Crippen molar-refractivity contribution < 1.29 is 27.1 Å². The first-order chi connectivity index (χ1) is 13.3. The first-order valence-corrected chi connectivity index (χ1v) is 9.98. The van der Waals surface area contributed by atoms with Crippen LogP contribution in [0.25, 0.3) is 0 Å². The van der Waals surface area contributed by atoms with E-state index in [-0.39, 0.29) is 41.9 Å². The van der Waals surface area contributed by atoms with Gasteiger partial charge < -0.3 is 14.8 Å². The van der Waals surface area contributed by atoms with Crippen LogP contribution in [0.1, 0.15) is 17.5 Å². The normalized spacial score (nSPS) is 11.1. The Morgan fingerprint density at radius 2 is 1.79 bits per heavy atom. The topological polar surface area (TPSA) is 93.7 Å². The molecule has 0 unspecified atom stereocenters. The highest BCUT2D eigenvalue weighted by Crippen LogP contribution is 2.29. The van der Waals surface area contributed by atoms with Gasteiger partial charge in [0.05, 0.1) is 19.1 Å². The molecule has 0 atom stereocenters. The zero-order valence-corrected chi connectivity index (χ0v) is 16.7. The summed E-state index contributed by atoms with van der Waals surface area (Å²) in [6, 6.07) is 8.80. The van der Waals surface area contributed by atoms with Gasteiger partial charge in [0, 0.05) is 25.6 Å². The standard InChI is InChI=1S/C19H23FN2O5S/c1-13-10-14(4-6-16(13)20)12-21-19(23)8-9-22-28(24,25)15-5-7-17(26-2)18(11-15)27-3/h4-7,10-11,22H,8-9,12H2,1-3H3,(H,21,23). The Morgan fingerprint density at radius 1 is 1.07 bits per heavy atom. The SMILES string of the molecule is COc1ccc(S(=O)(=O)NCCC(=O)NCc2ccc(F)c(C)c2)cc1OC. The minimum absolute atomic E-state index is 0.00680. The summed E-state index contributed by atoms with van der Waals surface area (Å²) < 4.78 is 50.5. The Labute approximate surface area is 163 Å². The van der Waals surface area contributed by atoms with E-state index in [9.17, 15) is 17.6 Å². The Kier molecular flexibility index (Phi) is 7.36. The quantitative estimate of drug-likeness (QED) is 0.661. The van der Waals surface area contributed by atoms with Crippen molar-refractivity contribution in [3.63, 3.8) is 0 Å². The van der Waals surface area contributed by atoms with Gasteiger partial charge in [-0.15, -0.1) is 0 Å². The van der Waals surface area contributed by atoms with Crippen LogP contribution < -0.4 is 19.5 Å². The molecule has 0 fully saturated rings. The van der Waals surface area contributed by atoms with Crippen LogP contribution in [0, 0.1) is 12.7 Å². The maximum absolute atomic E-state index is 13.2. The van der Waals surface area contributed by atoms with Crippen LogP contribution in [0.3, 0.4) is 0 Å². The highest BCUT2D eigenvalue weighted by molar-refractivity contribution is 7.89. The summed E-state index contributed by atoms with van der Waals surface area (Å²) in [6.07, 6.45) is -0.0350. The second kappa shape index (κ2) is 9.52. The monoisotopic (exact) mass is 410 g/mol. The predicted molar refractivity (Wildman–Crippen MR) is 102 cm³/mol. The maximum Gasteiger partial charge on any atom is 0.240 e. The third kappa shape index (κ3) is 5.67. The molecule has 0 spiro atoms. The number of amides is 1. The van der Waals surface area contributed by atoms with Gasteiger partial charge in [-0.1, -0.05) is 12.1 Å². The van der Waals surface area contributed by atoms with E-state index in [1.807, 2.05) is 0 Å². The minimum atomic E-state index is -3.80. The number of methoxy groups -OCH3 is 2. The van der Waals surface area contributed by atoms with E-state index in [2.05, 4.69) is 10.0 Å². The van der Waals surface area contributed by atoms with E-state index in [1.54, 1.807) is 19.1 Å². The molecular formula is C19H23FN2O5S. The van der Waals surface area contributed by atoms with Gasteiger partial charge >= 0.3 is 0 Å². The summed E-state index contributed by atoms with van der Waals surface area (Å²) in [5, 5.41) is 2.67. The molecule has 2 N–H and O–H groups in total. The molecule has 0 heterocycles. The van der Waals surface area contributed by atoms with Crippen molar-refractivity contribution in [2.45, 2.75) is 24.8 Å². The number of halogens is 1. The molecule has 2 aromatic carbocycles. The van der Waals surface area contributed by atoms with Crippen LogP contribution in [0.4, 0.5) is 4.39 Å². The van der Waals surface area contributed by atoms with E-state index < -0.39 is 10.0 Å². The van der Waals surface area contributed by atoms with Crippen LogP contribution in [-0.4, -0.2) is 35.1 Å². The molecular weight excluding hydrogens is 387 g/mol. The fourth-order valence-corrected chi connectivity index (χ4v) is 3.52. The van der Waals surface area contributed by atoms with Gasteiger partial charge in [0.1, 0.15) is 5.82 Å². The Hall–Kier alpha value is -2.65. The fourth-order valence-electron chi connectivity index (χ4n) is 2.47. The Bertz CT molecular complexity index is 947. The van der Waals surface area contributed by atoms with Gasteiger partial charge in [-0.05, 0) is 36.2 Å². The second-order valence-corrected chi connectivity index (χ2v) is 7.79. The molecule has 1 amide bonds. The van der Waals surface area contributed by atoms with Crippen LogP contribution in [0.5, 0.6) is 11.5 Å². The van der Waals surface area contributed by atoms with Crippen LogP contribution in [0.2, 0.25) is 0 Å². The zero-order chi connectivity index (χ0) is 20.7. The molecule has 9 heteroatoms. The van der Waals surface area contributed by atoms with E-state index >= 15 is 0 Å². The number of sulfonamides is 1. The summed E-state index contributed by atoms with van der Waals surface area (Å²) in [5.74, 6) is 0.0752. The second-order valence-electron chi connectivity index (χ2n) is 6.02. The number of benzene rings is 2. The first kappa shape index (κ1) is 21.6. The molecule has 0 aliphatic carbocycles. The highest BCUT2D eigenvalue weighted by Gasteiger charge is 2.17. The largest absolute Gasteiger partial charge is 0.493 e. The van der Waals surface area contributed by atoms with E-state index in [0.717, 1.165) is 5.56 Å². The van der Waals surface area contributed by atoms with Crippen LogP contribution >= 0.6 is 0 Å². The average Bonchev–Trinajstić information content (AvgIpc) is 2.68. The molecule has 0 aliphatic heterocycles. The lowest BCUT2D eigenvalue weighted by atomic mass is 10.1. The van der Waals surface area contributed by atoms with Crippen LogP contribution in [-0.2, 0) is 21.4 Å². The van der Waals surface area contributed by atoms with Gasteiger partial charge in [0.15, 0.2) is 11.5 Å². The predicted octanol–water partition coefficient (Wildman–Crippen LogP) is 2.14. The molecule has 0 saturated heterocycles. The van der Waals surface area contributed by atoms with Gasteiger partial charge in [-0.3, -0.25) is 4.79 Å². The smallest absolute Gasteiger partial charge is 0.240 e. The number of aryl methyl sites for hydroxylation is 1. The number of carbonyl (C=O) groups is 1. The fraction of sp³-hybridized carbons (Fsp3) is 0.316. The number of ether oxygens (including phenoxy) is 2. The van der Waals surface area contributed by atoms with Crippen LogP contribution in [0.15, 0.2) is 41.3 Å². The van der Waals surface area contributed by atoms with Crippen molar-refractivity contribution in [3.05, 3.63) is 53.3 Å². The molecule has 0 aliphatic rings. The van der Waals surface area contributed by atoms with E-state index in [4.69, 9.17) is 9.47 Å². The first-order valence-electron chi connectivity index (χ1n) is 8.50. The van der Waals surface area contributed by atoms with Gasteiger partial charge in [-0.25, -0.2) is 17.5 Å². The molecule has 0 saturated carbocycles. The van der Waals surface area contributed by atoms with Crippen molar-refractivity contribution in [1.82, 2.24) is 10.0 Å². The molecule has 2 aromatic rings. The van der Waals surface area contributed by atoms with Crippen molar-refractivity contribution in [3.8, 4) is 11.5 Å². The third-order valence-electron chi connectivity index (χ3n) is 4.02. The maximum atomic E-state index is 13.2. The summed E-state index contributed by atoms with van der Waals surface area (Å²) in [7, 11) is -0.932. The molecule has 0 bridgehead atoms. The number of rotatable bonds is 9. The highest BCUT2D eigenvalue weighted by atomic mass is 32.2. The zero-order valence-electron chi connectivity index (χ0n) is 15.9. The van der Waals surface area contributed by atoms with Gasteiger partial charge in [0.2, 0.25) is 15.9 Å². The summed E-state index contributed by atoms with van der Waals surface area (Å²) in [5.41, 5.74) is 1.26. The lowest BCUT2D eigenvalue weighted by molar-refractivity contribution is -0.121. The number of nitrogens with one attached hydrogen (secondary N) is 2. The molecule has 2 rings (SSSR count). The summed E-state index contributed by atoms with van der Waals surface area (Å²) >= 11 is 0. The van der Waals surface area contributed by atoms with Gasteiger partial charge in [0.25, 0.3) is 0 Å². The average molecular weight is 410 g/mol.